The quantitative estimate of drug-likeness (QED) is 0.690. The Morgan fingerprint density at radius 3 is 2.46 bits per heavy atom. The molecule has 4 rings (SSSR count). The Labute approximate surface area is 157 Å². The first-order chi connectivity index (χ1) is 12.7. The summed E-state index contributed by atoms with van der Waals surface area (Å²) >= 11 is 5.34. The zero-order valence-electron chi connectivity index (χ0n) is 14.3. The Balaban J connectivity index is 1.52. The first-order valence-corrected chi connectivity index (χ1v) is 8.86. The Kier molecular flexibility index (Phi) is 4.31. The molecule has 0 saturated heterocycles. The van der Waals surface area contributed by atoms with Crippen LogP contribution in [0, 0.1) is 0 Å². The number of hydrogen-bond acceptors (Lipinski definition) is 3. The zero-order chi connectivity index (χ0) is 18.1. The van der Waals surface area contributed by atoms with Crippen LogP contribution in [0.15, 0.2) is 54.6 Å². The second-order valence-electron chi connectivity index (χ2n) is 6.25. The van der Waals surface area contributed by atoms with E-state index in [0.29, 0.717) is 11.3 Å². The lowest BCUT2D eigenvalue weighted by atomic mass is 10.0. The van der Waals surface area contributed by atoms with Gasteiger partial charge in [0.2, 0.25) is 0 Å². The van der Waals surface area contributed by atoms with Crippen LogP contribution in [0.1, 0.15) is 21.5 Å². The van der Waals surface area contributed by atoms with Crippen LogP contribution in [0.2, 0.25) is 0 Å². The molecule has 0 unspecified atom stereocenters. The van der Waals surface area contributed by atoms with E-state index in [4.69, 9.17) is 17.0 Å². The number of amides is 1. The molecule has 26 heavy (non-hydrogen) atoms. The molecule has 0 radical (unpaired) electrons. The highest BCUT2D eigenvalue weighted by Gasteiger charge is 2.16. The van der Waals surface area contributed by atoms with E-state index in [1.807, 2.05) is 6.07 Å². The molecule has 0 aromatic heterocycles. The average molecular weight is 362 g/mol. The van der Waals surface area contributed by atoms with Crippen LogP contribution in [-0.2, 0) is 12.8 Å². The molecular formula is C21H18N2O2S. The van der Waals surface area contributed by atoms with Gasteiger partial charge in [-0.1, -0.05) is 24.3 Å². The van der Waals surface area contributed by atoms with Crippen molar-refractivity contribution in [3.8, 4) is 5.75 Å². The van der Waals surface area contributed by atoms with E-state index in [0.717, 1.165) is 23.9 Å². The van der Waals surface area contributed by atoms with Crippen molar-refractivity contribution in [1.82, 2.24) is 5.32 Å². The monoisotopic (exact) mass is 362 g/mol. The summed E-state index contributed by atoms with van der Waals surface area (Å²) in [5.74, 6) is 0.450. The average Bonchev–Trinajstić information content (AvgIpc) is 3.09. The molecule has 2 N–H and O–H groups in total. The van der Waals surface area contributed by atoms with Gasteiger partial charge in [0.25, 0.3) is 5.91 Å². The second-order valence-corrected chi connectivity index (χ2v) is 6.66. The molecule has 1 aliphatic rings. The molecular weight excluding hydrogens is 344 g/mol. The maximum atomic E-state index is 12.3. The second kappa shape index (κ2) is 6.77. The van der Waals surface area contributed by atoms with Crippen molar-refractivity contribution in [2.45, 2.75) is 12.8 Å². The van der Waals surface area contributed by atoms with Crippen molar-refractivity contribution in [2.75, 3.05) is 12.4 Å². The van der Waals surface area contributed by atoms with Gasteiger partial charge in [0.1, 0.15) is 5.75 Å². The third-order valence-corrected chi connectivity index (χ3v) is 4.91. The largest absolute Gasteiger partial charge is 0.497 e. The van der Waals surface area contributed by atoms with Gasteiger partial charge < -0.3 is 10.1 Å². The Morgan fingerprint density at radius 2 is 1.73 bits per heavy atom. The maximum Gasteiger partial charge on any atom is 0.257 e. The third-order valence-electron chi connectivity index (χ3n) is 4.70. The summed E-state index contributed by atoms with van der Waals surface area (Å²) in [5.41, 5.74) is 4.17. The lowest BCUT2D eigenvalue weighted by molar-refractivity contribution is 0.0977. The molecule has 0 heterocycles. The normalized spacial score (nSPS) is 12.0. The molecule has 0 bridgehead atoms. The zero-order valence-corrected chi connectivity index (χ0v) is 15.2. The summed E-state index contributed by atoms with van der Waals surface area (Å²) in [7, 11) is 1.59. The molecule has 1 amide bonds. The number of hydrogen-bond donors (Lipinski definition) is 2. The van der Waals surface area contributed by atoms with Crippen molar-refractivity contribution in [3.63, 3.8) is 0 Å². The summed E-state index contributed by atoms with van der Waals surface area (Å²) in [6.45, 7) is 0. The number of benzene rings is 3. The lowest BCUT2D eigenvalue weighted by Gasteiger charge is -2.13. The molecule has 0 aliphatic heterocycles. The van der Waals surface area contributed by atoms with Gasteiger partial charge in [0.05, 0.1) is 7.11 Å². The van der Waals surface area contributed by atoms with Gasteiger partial charge in [0.15, 0.2) is 5.11 Å². The van der Waals surface area contributed by atoms with E-state index < -0.39 is 0 Å². The summed E-state index contributed by atoms with van der Waals surface area (Å²) in [6, 6.07) is 17.4. The van der Waals surface area contributed by atoms with Crippen molar-refractivity contribution in [1.29, 1.82) is 0 Å². The Morgan fingerprint density at radius 1 is 1.00 bits per heavy atom. The molecule has 0 saturated carbocycles. The molecule has 0 spiro atoms. The lowest BCUT2D eigenvalue weighted by Crippen LogP contribution is -2.34. The molecule has 0 fully saturated rings. The van der Waals surface area contributed by atoms with E-state index in [2.05, 4.69) is 34.9 Å². The molecule has 130 valence electrons. The van der Waals surface area contributed by atoms with Crippen LogP contribution in [0.5, 0.6) is 5.75 Å². The number of anilines is 1. The number of carbonyl (C=O) groups is 1. The maximum absolute atomic E-state index is 12.3. The van der Waals surface area contributed by atoms with Crippen molar-refractivity contribution in [3.05, 3.63) is 71.3 Å². The number of thiocarbonyl (C=S) groups is 1. The van der Waals surface area contributed by atoms with Crippen LogP contribution in [0.3, 0.4) is 0 Å². The molecule has 3 aromatic carbocycles. The van der Waals surface area contributed by atoms with Crippen LogP contribution < -0.4 is 15.4 Å². The van der Waals surface area contributed by atoms with Crippen molar-refractivity contribution in [2.24, 2.45) is 0 Å². The number of rotatable bonds is 3. The molecule has 1 aliphatic carbocycles. The first-order valence-electron chi connectivity index (χ1n) is 8.45. The highest BCUT2D eigenvalue weighted by atomic mass is 32.1. The van der Waals surface area contributed by atoms with Crippen LogP contribution >= 0.6 is 12.2 Å². The molecule has 0 atom stereocenters. The minimum atomic E-state index is -0.254. The van der Waals surface area contributed by atoms with Gasteiger partial charge in [-0.15, -0.1) is 0 Å². The van der Waals surface area contributed by atoms with Crippen molar-refractivity contribution >= 4 is 39.7 Å². The topological polar surface area (TPSA) is 50.4 Å². The van der Waals surface area contributed by atoms with Gasteiger partial charge >= 0.3 is 0 Å². The Bertz CT molecular complexity index is 1000. The molecule has 5 heteroatoms. The van der Waals surface area contributed by atoms with Gasteiger partial charge in [-0.25, -0.2) is 0 Å². The fourth-order valence-electron chi connectivity index (χ4n) is 3.43. The standard InChI is InChI=1S/C21H18N2O2S/c1-25-16-10-7-15(8-11-16)20(24)23-21(26)22-18-12-9-14-6-5-13-3-2-4-17(18)19(13)14/h2-4,7-12H,5-6H2,1H3,(H2,22,23,24,26). The van der Waals surface area contributed by atoms with E-state index in [-0.39, 0.29) is 11.0 Å². The van der Waals surface area contributed by atoms with Gasteiger partial charge in [-0.2, -0.15) is 0 Å². The van der Waals surface area contributed by atoms with Crippen LogP contribution in [0.25, 0.3) is 10.8 Å². The third kappa shape index (κ3) is 3.02. The van der Waals surface area contributed by atoms with Gasteiger partial charge in [-0.05, 0) is 71.9 Å². The highest BCUT2D eigenvalue weighted by Crippen LogP contribution is 2.34. The first kappa shape index (κ1) is 16.5. The van der Waals surface area contributed by atoms with E-state index in [1.54, 1.807) is 31.4 Å². The number of methoxy groups -OCH3 is 1. The Hall–Kier alpha value is -2.92. The van der Waals surface area contributed by atoms with E-state index in [9.17, 15) is 4.79 Å². The molecule has 4 nitrogen and oxygen atoms in total. The predicted octanol–water partition coefficient (Wildman–Crippen LogP) is 4.07. The smallest absolute Gasteiger partial charge is 0.257 e. The predicted molar refractivity (Wildman–Crippen MR) is 108 cm³/mol. The van der Waals surface area contributed by atoms with Gasteiger partial charge in [0, 0.05) is 16.6 Å². The fraction of sp³-hybridized carbons (Fsp3) is 0.143. The number of ether oxygens (including phenoxy) is 1. The van der Waals surface area contributed by atoms with Crippen molar-refractivity contribution < 1.29 is 9.53 Å². The van der Waals surface area contributed by atoms with Crippen LogP contribution in [-0.4, -0.2) is 18.1 Å². The fourth-order valence-corrected chi connectivity index (χ4v) is 3.63. The highest BCUT2D eigenvalue weighted by molar-refractivity contribution is 7.80. The van der Waals surface area contributed by atoms with E-state index in [1.165, 1.54) is 16.5 Å². The minimum absolute atomic E-state index is 0.254. The van der Waals surface area contributed by atoms with E-state index >= 15 is 0 Å². The SMILES string of the molecule is COc1ccc(C(=O)NC(=S)Nc2ccc3c4c(cccc24)CC3)cc1. The number of nitrogens with one attached hydrogen (secondary N) is 2. The summed E-state index contributed by atoms with van der Waals surface area (Å²) < 4.78 is 5.10. The van der Waals surface area contributed by atoms with Crippen LogP contribution in [0.4, 0.5) is 5.69 Å². The number of aryl methyl sites for hydroxylation is 2. The summed E-state index contributed by atoms with van der Waals surface area (Å²) in [6.07, 6.45) is 2.16. The number of carbonyl (C=O) groups excluding carboxylic acids is 1. The minimum Gasteiger partial charge on any atom is -0.497 e. The molecule has 3 aromatic rings. The summed E-state index contributed by atoms with van der Waals surface area (Å²) in [4.78, 5) is 12.3. The summed E-state index contributed by atoms with van der Waals surface area (Å²) in [5, 5.41) is 8.62. The van der Waals surface area contributed by atoms with Gasteiger partial charge in [-0.3, -0.25) is 10.1 Å².